The smallest absolute Gasteiger partial charge is 0.269 e. The molecule has 0 unspecified atom stereocenters. The molecule has 1 rings (SSSR count). The second-order valence-corrected chi connectivity index (χ2v) is 2.34. The van der Waals surface area contributed by atoms with Crippen molar-refractivity contribution in [1.29, 1.82) is 0 Å². The lowest BCUT2D eigenvalue weighted by Gasteiger charge is -2.02. The zero-order valence-corrected chi connectivity index (χ0v) is 8.78. The summed E-state index contributed by atoms with van der Waals surface area (Å²) in [7, 11) is 5.42. The fraction of sp³-hybridized carbons (Fsp3) is 0.200. The molecule has 0 fully saturated rings. The summed E-state index contributed by atoms with van der Waals surface area (Å²) < 4.78 is 0. The molecule has 0 bridgehead atoms. The normalized spacial score (nSPS) is 8.13. The first-order valence-electron chi connectivity index (χ1n) is 4.59. The Hall–Kier alpha value is -1.78. The third-order valence-corrected chi connectivity index (χ3v) is 1.42. The maximum atomic E-state index is 11.1. The fourth-order valence-corrected chi connectivity index (χ4v) is 0.802. The molecule has 78 valence electrons. The van der Waals surface area contributed by atoms with Crippen molar-refractivity contribution in [2.75, 3.05) is 0 Å². The molecule has 0 aliphatic rings. The number of rotatable bonds is 3. The van der Waals surface area contributed by atoms with E-state index in [4.69, 9.17) is 7.85 Å². The Morgan fingerprint density at radius 1 is 1.27 bits per heavy atom. The van der Waals surface area contributed by atoms with E-state index >= 15 is 0 Å². The van der Waals surface area contributed by atoms with E-state index in [1.165, 1.54) is 0 Å². The van der Waals surface area contributed by atoms with E-state index in [0.717, 1.165) is 0 Å². The molecule has 2 amide bonds. The number of hydrazine groups is 1. The van der Waals surface area contributed by atoms with Crippen LogP contribution in [-0.4, -0.2) is 20.2 Å². The number of carbonyl (C=O) groups excluding carboxylic acids is 2. The van der Waals surface area contributed by atoms with Crippen molar-refractivity contribution in [2.45, 2.75) is 13.8 Å². The van der Waals surface area contributed by atoms with Crippen LogP contribution in [0.1, 0.15) is 24.2 Å². The number of hydrogen-bond donors (Lipinski definition) is 2. The van der Waals surface area contributed by atoms with Crippen LogP contribution < -0.4 is 16.3 Å². The zero-order valence-electron chi connectivity index (χ0n) is 8.78. The van der Waals surface area contributed by atoms with E-state index in [9.17, 15) is 9.59 Å². The lowest BCUT2D eigenvalue weighted by molar-refractivity contribution is -0.110. The van der Waals surface area contributed by atoms with Gasteiger partial charge in [-0.2, -0.15) is 0 Å². The van der Waals surface area contributed by atoms with Gasteiger partial charge < -0.3 is 0 Å². The monoisotopic (exact) mass is 204 g/mol. The molecule has 1 aromatic carbocycles. The SMILES string of the molecule is CC.[B]c1ccc(C(=O)NNC=O)cc1. The highest BCUT2D eigenvalue weighted by Gasteiger charge is 2.02. The van der Waals surface area contributed by atoms with E-state index in [0.29, 0.717) is 17.4 Å². The first-order chi connectivity index (χ1) is 7.24. The molecule has 1 aromatic rings. The minimum absolute atomic E-state index is 0.382. The van der Waals surface area contributed by atoms with Crippen LogP contribution in [0.3, 0.4) is 0 Å². The van der Waals surface area contributed by atoms with Gasteiger partial charge in [0.05, 0.1) is 0 Å². The topological polar surface area (TPSA) is 58.2 Å². The summed E-state index contributed by atoms with van der Waals surface area (Å²) in [5.74, 6) is -0.382. The molecular weight excluding hydrogens is 191 g/mol. The quantitative estimate of drug-likeness (QED) is 0.410. The molecule has 0 aliphatic heterocycles. The molecule has 2 N–H and O–H groups in total. The van der Waals surface area contributed by atoms with E-state index in [1.54, 1.807) is 24.3 Å². The predicted octanol–water partition coefficient (Wildman–Crippen LogP) is -0.103. The maximum Gasteiger partial charge on any atom is 0.269 e. The van der Waals surface area contributed by atoms with Crippen LogP contribution in [0.25, 0.3) is 0 Å². The number of benzene rings is 1. The maximum absolute atomic E-state index is 11.1. The van der Waals surface area contributed by atoms with Crippen LogP contribution in [0.2, 0.25) is 0 Å². The second-order valence-electron chi connectivity index (χ2n) is 2.34. The van der Waals surface area contributed by atoms with Crippen LogP contribution in [-0.2, 0) is 4.79 Å². The van der Waals surface area contributed by atoms with Gasteiger partial charge in [-0.1, -0.05) is 31.4 Å². The van der Waals surface area contributed by atoms with Gasteiger partial charge in [0.2, 0.25) is 6.41 Å². The van der Waals surface area contributed by atoms with Gasteiger partial charge in [-0.05, 0) is 12.1 Å². The molecule has 15 heavy (non-hydrogen) atoms. The first kappa shape index (κ1) is 13.2. The van der Waals surface area contributed by atoms with Gasteiger partial charge in [0, 0.05) is 5.56 Å². The summed E-state index contributed by atoms with van der Waals surface area (Å²) >= 11 is 0. The summed E-state index contributed by atoms with van der Waals surface area (Å²) in [6, 6.07) is 6.35. The minimum atomic E-state index is -0.382. The Labute approximate surface area is 90.4 Å². The van der Waals surface area contributed by atoms with Crippen LogP contribution in [0.4, 0.5) is 0 Å². The molecule has 0 saturated carbocycles. The fourth-order valence-electron chi connectivity index (χ4n) is 0.802. The van der Waals surface area contributed by atoms with Gasteiger partial charge in [0.1, 0.15) is 7.85 Å². The van der Waals surface area contributed by atoms with Gasteiger partial charge in [-0.15, -0.1) is 0 Å². The summed E-state index contributed by atoms with van der Waals surface area (Å²) in [5, 5.41) is 0. The van der Waals surface area contributed by atoms with Crippen LogP contribution >= 0.6 is 0 Å². The minimum Gasteiger partial charge on any atom is -0.277 e. The first-order valence-corrected chi connectivity index (χ1v) is 4.59. The van der Waals surface area contributed by atoms with E-state index in [1.807, 2.05) is 19.3 Å². The highest BCUT2D eigenvalue weighted by Crippen LogP contribution is 1.94. The Bertz CT molecular complexity index is 312. The lowest BCUT2D eigenvalue weighted by atomic mass is 9.95. The summed E-state index contributed by atoms with van der Waals surface area (Å²) in [5.41, 5.74) is 5.24. The van der Waals surface area contributed by atoms with Crippen molar-refractivity contribution in [2.24, 2.45) is 0 Å². The Kier molecular flexibility index (Phi) is 6.71. The van der Waals surface area contributed by atoms with E-state index < -0.39 is 0 Å². The molecule has 0 saturated heterocycles. The number of carbonyl (C=O) groups is 2. The van der Waals surface area contributed by atoms with Crippen molar-refractivity contribution >= 4 is 25.6 Å². The van der Waals surface area contributed by atoms with Gasteiger partial charge in [-0.25, -0.2) is 0 Å². The average molecular weight is 204 g/mol. The zero-order chi connectivity index (χ0) is 11.7. The number of hydrogen-bond acceptors (Lipinski definition) is 2. The average Bonchev–Trinajstić information content (AvgIpc) is 2.29. The highest BCUT2D eigenvalue weighted by atomic mass is 16.2. The van der Waals surface area contributed by atoms with Gasteiger partial charge in [0.15, 0.2) is 0 Å². The Balaban J connectivity index is 0.000000921. The summed E-state index contributed by atoms with van der Waals surface area (Å²) in [4.78, 5) is 21.0. The molecule has 4 nitrogen and oxygen atoms in total. The van der Waals surface area contributed by atoms with Gasteiger partial charge in [-0.3, -0.25) is 20.4 Å². The molecule has 5 heteroatoms. The van der Waals surface area contributed by atoms with Gasteiger partial charge >= 0.3 is 0 Å². The predicted molar refractivity (Wildman–Crippen MR) is 59.8 cm³/mol. The third-order valence-electron chi connectivity index (χ3n) is 1.42. The Morgan fingerprint density at radius 3 is 2.27 bits per heavy atom. The summed E-state index contributed by atoms with van der Waals surface area (Å²) in [6.45, 7) is 4.00. The number of nitrogens with one attached hydrogen (secondary N) is 2. The molecule has 2 radical (unpaired) electrons. The van der Waals surface area contributed by atoms with E-state index in [-0.39, 0.29) is 5.91 Å². The van der Waals surface area contributed by atoms with Crippen molar-refractivity contribution in [1.82, 2.24) is 10.9 Å². The Morgan fingerprint density at radius 2 is 1.80 bits per heavy atom. The van der Waals surface area contributed by atoms with Crippen molar-refractivity contribution in [3.05, 3.63) is 29.8 Å². The second kappa shape index (κ2) is 7.61. The van der Waals surface area contributed by atoms with Crippen molar-refractivity contribution in [3.63, 3.8) is 0 Å². The number of amides is 2. The standard InChI is InChI=1S/C8H7BN2O2.C2H6/c9-7-3-1-6(2-4-7)8(13)11-10-5-12;1-2/h1-5H,(H,10,12)(H,11,13);1-2H3. The molecule has 0 heterocycles. The third kappa shape index (κ3) is 4.86. The van der Waals surface area contributed by atoms with Crippen LogP contribution in [0.15, 0.2) is 24.3 Å². The largest absolute Gasteiger partial charge is 0.277 e. The molecule has 0 aliphatic carbocycles. The molecule has 0 spiro atoms. The van der Waals surface area contributed by atoms with Crippen molar-refractivity contribution < 1.29 is 9.59 Å². The summed E-state index contributed by atoms with van der Waals surface area (Å²) in [6.07, 6.45) is 0.384. The van der Waals surface area contributed by atoms with E-state index in [2.05, 4.69) is 5.43 Å². The molecule has 0 atom stereocenters. The molecule has 0 aromatic heterocycles. The lowest BCUT2D eigenvalue weighted by Crippen LogP contribution is -2.36. The highest BCUT2D eigenvalue weighted by molar-refractivity contribution is 6.32. The van der Waals surface area contributed by atoms with Crippen LogP contribution in [0.5, 0.6) is 0 Å². The van der Waals surface area contributed by atoms with Gasteiger partial charge in [0.25, 0.3) is 5.91 Å². The van der Waals surface area contributed by atoms with Crippen molar-refractivity contribution in [3.8, 4) is 0 Å². The van der Waals surface area contributed by atoms with Crippen LogP contribution in [0, 0.1) is 0 Å². The molecular formula is C10H13BN2O2.